The van der Waals surface area contributed by atoms with Gasteiger partial charge in [0.2, 0.25) is 11.9 Å². The number of nitrogens with zero attached hydrogens (tertiary/aromatic N) is 5. The summed E-state index contributed by atoms with van der Waals surface area (Å²) < 4.78 is 69.7. The summed E-state index contributed by atoms with van der Waals surface area (Å²) in [7, 11) is 0. The fourth-order valence-corrected chi connectivity index (χ4v) is 7.13. The average molecular weight is 821 g/mol. The zero-order valence-electron chi connectivity index (χ0n) is 34.0. The summed E-state index contributed by atoms with van der Waals surface area (Å²) in [5.41, 5.74) is 4.01. The van der Waals surface area contributed by atoms with Crippen molar-refractivity contribution in [1.29, 1.82) is 0 Å². The lowest BCUT2D eigenvalue weighted by molar-refractivity contribution is -0.150. The van der Waals surface area contributed by atoms with Gasteiger partial charge in [-0.1, -0.05) is 45.9 Å². The summed E-state index contributed by atoms with van der Waals surface area (Å²) in [6, 6.07) is 7.94. The van der Waals surface area contributed by atoms with Crippen molar-refractivity contribution in [2.45, 2.75) is 98.7 Å². The predicted octanol–water partition coefficient (Wildman–Crippen LogP) is 7.36. The van der Waals surface area contributed by atoms with Crippen LogP contribution in [0.2, 0.25) is 0 Å². The highest BCUT2D eigenvalue weighted by Crippen LogP contribution is 2.41. The molecule has 1 aliphatic heterocycles. The lowest BCUT2D eigenvalue weighted by atomic mass is 9.95. The highest BCUT2D eigenvalue weighted by molar-refractivity contribution is 5.98. The van der Waals surface area contributed by atoms with Crippen molar-refractivity contribution < 1.29 is 41.4 Å². The molecule has 0 radical (unpaired) electrons. The summed E-state index contributed by atoms with van der Waals surface area (Å²) in [5, 5.41) is 10.5. The van der Waals surface area contributed by atoms with Gasteiger partial charge in [0, 0.05) is 60.2 Å². The topological polar surface area (TPSA) is 156 Å². The minimum atomic E-state index is -4.59. The zero-order valence-corrected chi connectivity index (χ0v) is 34.0. The normalized spacial score (nSPS) is 13.7. The number of esters is 1. The summed E-state index contributed by atoms with van der Waals surface area (Å²) in [5.74, 6) is -2.30. The Balaban J connectivity index is 1.35. The van der Waals surface area contributed by atoms with Crippen LogP contribution in [0.15, 0.2) is 48.9 Å². The van der Waals surface area contributed by atoms with Crippen molar-refractivity contribution >= 4 is 34.8 Å². The van der Waals surface area contributed by atoms with E-state index in [4.69, 9.17) is 14.6 Å². The molecule has 17 heteroatoms. The maximum absolute atomic E-state index is 17.0. The number of carbonyl (C=O) groups is 3. The van der Waals surface area contributed by atoms with Crippen LogP contribution in [0, 0.1) is 11.7 Å². The maximum Gasteiger partial charge on any atom is 0.419 e. The molecule has 4 heterocycles. The molecule has 2 aromatic carbocycles. The average Bonchev–Trinajstić information content (AvgIpc) is 3.82. The Morgan fingerprint density at radius 1 is 1.00 bits per heavy atom. The van der Waals surface area contributed by atoms with Crippen LogP contribution in [0.25, 0.3) is 27.8 Å². The highest BCUT2D eigenvalue weighted by atomic mass is 19.4. The Bertz CT molecular complexity index is 2330. The number of alkyl carbamates (subject to hydrolysis) is 1. The van der Waals surface area contributed by atoms with Gasteiger partial charge in [0.15, 0.2) is 0 Å². The molecule has 0 saturated heterocycles. The first kappa shape index (κ1) is 42.6. The van der Waals surface area contributed by atoms with Gasteiger partial charge in [0.1, 0.15) is 30.6 Å². The van der Waals surface area contributed by atoms with E-state index in [0.717, 1.165) is 29.2 Å². The van der Waals surface area contributed by atoms with Gasteiger partial charge in [-0.2, -0.15) is 18.3 Å². The van der Waals surface area contributed by atoms with Gasteiger partial charge in [-0.3, -0.25) is 4.79 Å². The van der Waals surface area contributed by atoms with Crippen LogP contribution in [-0.4, -0.2) is 67.4 Å². The Kier molecular flexibility index (Phi) is 12.3. The maximum atomic E-state index is 17.0. The number of aryl methyl sites for hydroxylation is 2. The number of halogens is 4. The first-order valence-corrected chi connectivity index (χ1v) is 19.5. The summed E-state index contributed by atoms with van der Waals surface area (Å²) in [6.45, 7) is 12.3. The van der Waals surface area contributed by atoms with Crippen LogP contribution in [-0.2, 0) is 57.7 Å². The van der Waals surface area contributed by atoms with E-state index in [1.165, 1.54) is 6.07 Å². The van der Waals surface area contributed by atoms with E-state index >= 15 is 4.39 Å². The first-order valence-electron chi connectivity index (χ1n) is 19.5. The summed E-state index contributed by atoms with van der Waals surface area (Å²) in [6.07, 6.45) is -0.486. The van der Waals surface area contributed by atoms with E-state index in [1.54, 1.807) is 56.5 Å². The number of fused-ring (bicyclic) bond motifs is 2. The van der Waals surface area contributed by atoms with Crippen LogP contribution in [0.3, 0.4) is 0 Å². The standard InChI is InChI=1S/C42H48F4N8O5/c1-8-24-11-10-12-25(9-2)36(24)54-37(29-21-53(16-14-31(29)52-54)39-48-18-27(19-49-39)42(44,45)46)33-28-13-15-47-35(28)26(17-30(33)43)22-58-38(56)34(23(3)4)51-32(55)20-50-40(57)59-41(5,6)7/h10-13,15,17-19,23,34,47H,8-9,14,16,20-22H2,1-7H3,(H,50,57)(H,51,55)/t34-/m0/s1. The lowest BCUT2D eigenvalue weighted by Crippen LogP contribution is -2.49. The van der Waals surface area contributed by atoms with Crippen LogP contribution in [0.5, 0.6) is 0 Å². The molecule has 2 amide bonds. The minimum absolute atomic E-state index is 0.102. The number of benzene rings is 2. The number of para-hydroxylation sites is 1. The number of ether oxygens (including phenoxy) is 2. The molecule has 5 aromatic rings. The molecule has 1 atom stereocenters. The third-order valence-corrected chi connectivity index (χ3v) is 9.97. The van der Waals surface area contributed by atoms with Crippen molar-refractivity contribution in [3.05, 3.63) is 88.3 Å². The van der Waals surface area contributed by atoms with Gasteiger partial charge in [0.05, 0.1) is 28.2 Å². The Labute approximate surface area is 338 Å². The quantitative estimate of drug-likeness (QED) is 0.0865. The second kappa shape index (κ2) is 17.1. The third kappa shape index (κ3) is 9.34. The molecule has 0 spiro atoms. The monoisotopic (exact) mass is 820 g/mol. The molecule has 314 valence electrons. The largest absolute Gasteiger partial charge is 0.459 e. The third-order valence-electron chi connectivity index (χ3n) is 9.97. The van der Waals surface area contributed by atoms with Gasteiger partial charge in [-0.25, -0.2) is 28.6 Å². The number of aromatic nitrogens is 5. The van der Waals surface area contributed by atoms with E-state index < -0.39 is 59.6 Å². The molecule has 59 heavy (non-hydrogen) atoms. The van der Waals surface area contributed by atoms with Gasteiger partial charge in [-0.15, -0.1) is 0 Å². The molecule has 0 fully saturated rings. The Hall–Kier alpha value is -6.00. The summed E-state index contributed by atoms with van der Waals surface area (Å²) in [4.78, 5) is 51.1. The van der Waals surface area contributed by atoms with E-state index in [2.05, 4.69) is 25.6 Å². The van der Waals surface area contributed by atoms with Crippen molar-refractivity contribution in [3.63, 3.8) is 0 Å². The molecule has 0 aliphatic carbocycles. The number of alkyl halides is 3. The number of hydrogen-bond acceptors (Lipinski definition) is 9. The molecule has 6 rings (SSSR count). The van der Waals surface area contributed by atoms with Crippen LogP contribution < -0.4 is 15.5 Å². The number of H-pyrrole nitrogens is 1. The molecule has 0 bridgehead atoms. The second-order valence-electron chi connectivity index (χ2n) is 15.7. The number of nitrogens with one attached hydrogen (secondary N) is 3. The van der Waals surface area contributed by atoms with Gasteiger partial charge in [0.25, 0.3) is 0 Å². The van der Waals surface area contributed by atoms with E-state index in [-0.39, 0.29) is 24.7 Å². The number of amides is 2. The Morgan fingerprint density at radius 2 is 1.68 bits per heavy atom. The van der Waals surface area contributed by atoms with Crippen LogP contribution in [0.4, 0.5) is 28.3 Å². The van der Waals surface area contributed by atoms with E-state index in [0.29, 0.717) is 59.2 Å². The SMILES string of the molecule is CCc1cccc(CC)c1-n1nc2c(c1-c1c(F)cc(COC(=O)[C@@H](NC(=O)CNC(=O)OC(C)(C)C)C(C)C)c3[nH]ccc13)CN(c1ncc(C(F)(F)F)cn1)CC2. The molecular weight excluding hydrogens is 773 g/mol. The van der Waals surface area contributed by atoms with Crippen LogP contribution in [0.1, 0.15) is 82.0 Å². The minimum Gasteiger partial charge on any atom is -0.459 e. The van der Waals surface area contributed by atoms with E-state index in [1.807, 2.05) is 32.0 Å². The summed E-state index contributed by atoms with van der Waals surface area (Å²) >= 11 is 0. The van der Waals surface area contributed by atoms with Crippen molar-refractivity contribution in [3.8, 4) is 16.9 Å². The lowest BCUT2D eigenvalue weighted by Gasteiger charge is -2.27. The number of hydrogen-bond donors (Lipinski definition) is 3. The van der Waals surface area contributed by atoms with E-state index in [9.17, 15) is 27.6 Å². The van der Waals surface area contributed by atoms with Crippen molar-refractivity contribution in [2.75, 3.05) is 18.0 Å². The highest BCUT2D eigenvalue weighted by Gasteiger charge is 2.34. The van der Waals surface area contributed by atoms with Crippen molar-refractivity contribution in [2.24, 2.45) is 5.92 Å². The smallest absolute Gasteiger partial charge is 0.419 e. The number of aromatic amines is 1. The molecule has 1 aliphatic rings. The fourth-order valence-electron chi connectivity index (χ4n) is 7.13. The number of carbonyl (C=O) groups excluding carboxylic acids is 3. The number of rotatable bonds is 12. The first-order chi connectivity index (χ1) is 27.9. The zero-order chi connectivity index (χ0) is 42.8. The molecule has 0 unspecified atom stereocenters. The molecular formula is C42H48F4N8O5. The van der Waals surface area contributed by atoms with Gasteiger partial charge in [-0.05, 0) is 62.8 Å². The fraction of sp³-hybridized carbons (Fsp3) is 0.429. The Morgan fingerprint density at radius 3 is 2.29 bits per heavy atom. The van der Waals surface area contributed by atoms with Crippen LogP contribution >= 0.6 is 0 Å². The molecule has 0 saturated carbocycles. The molecule has 3 aromatic heterocycles. The van der Waals surface area contributed by atoms with Crippen molar-refractivity contribution in [1.82, 2.24) is 35.4 Å². The number of anilines is 1. The molecule has 13 nitrogen and oxygen atoms in total. The van der Waals surface area contributed by atoms with Gasteiger partial charge >= 0.3 is 18.2 Å². The second-order valence-corrected chi connectivity index (χ2v) is 15.7. The predicted molar refractivity (Wildman–Crippen MR) is 212 cm³/mol. The molecule has 3 N–H and O–H groups in total. The van der Waals surface area contributed by atoms with Gasteiger partial charge < -0.3 is 30.0 Å².